The molecular weight excluding hydrogens is 277 g/mol. The van der Waals surface area contributed by atoms with E-state index < -0.39 is 0 Å². The third kappa shape index (κ3) is 3.44. The predicted octanol–water partition coefficient (Wildman–Crippen LogP) is 5.65. The van der Waals surface area contributed by atoms with Crippen LogP contribution in [-0.4, -0.2) is 0 Å². The zero-order valence-electron chi connectivity index (χ0n) is 11.5. The number of hydrogen-bond donors (Lipinski definition) is 0. The molecule has 0 unspecified atom stereocenters. The number of rotatable bonds is 2. The van der Waals surface area contributed by atoms with E-state index in [2.05, 4.69) is 19.9 Å². The van der Waals surface area contributed by atoms with E-state index in [9.17, 15) is 5.26 Å². The number of benzene rings is 1. The van der Waals surface area contributed by atoms with Crippen LogP contribution in [0.15, 0.2) is 18.2 Å². The number of hydrogen-bond acceptors (Lipinski definition) is 1. The summed E-state index contributed by atoms with van der Waals surface area (Å²) in [7, 11) is 0. The zero-order chi connectivity index (χ0) is 14.1. The molecular formula is C16H19Cl2N. The van der Waals surface area contributed by atoms with Gasteiger partial charge in [0.1, 0.15) is 0 Å². The number of nitriles is 1. The van der Waals surface area contributed by atoms with Crippen molar-refractivity contribution in [3.05, 3.63) is 33.8 Å². The molecule has 1 nitrogen and oxygen atoms in total. The van der Waals surface area contributed by atoms with Gasteiger partial charge in [-0.2, -0.15) is 5.26 Å². The molecule has 1 aromatic carbocycles. The van der Waals surface area contributed by atoms with Crippen LogP contribution in [0, 0.1) is 22.2 Å². The summed E-state index contributed by atoms with van der Waals surface area (Å²) in [4.78, 5) is 0. The molecule has 2 rings (SSSR count). The highest BCUT2D eigenvalue weighted by Crippen LogP contribution is 2.47. The fraction of sp³-hybridized carbons (Fsp3) is 0.562. The highest BCUT2D eigenvalue weighted by atomic mass is 35.5. The molecule has 0 aliphatic heterocycles. The SMILES string of the molecule is CC1(C)CCC(C#N)(Cc2cc(Cl)ccc2Cl)CC1. The molecule has 0 radical (unpaired) electrons. The van der Waals surface area contributed by atoms with Crippen molar-refractivity contribution in [2.45, 2.75) is 46.0 Å². The topological polar surface area (TPSA) is 23.8 Å². The molecule has 0 bridgehead atoms. The van der Waals surface area contributed by atoms with Crippen LogP contribution >= 0.6 is 23.2 Å². The van der Waals surface area contributed by atoms with Crippen LogP contribution in [-0.2, 0) is 6.42 Å². The van der Waals surface area contributed by atoms with Gasteiger partial charge in [0.2, 0.25) is 0 Å². The lowest BCUT2D eigenvalue weighted by molar-refractivity contribution is 0.146. The van der Waals surface area contributed by atoms with Crippen molar-refractivity contribution in [3.8, 4) is 6.07 Å². The molecule has 1 aliphatic rings. The molecule has 0 spiro atoms. The van der Waals surface area contributed by atoms with Gasteiger partial charge >= 0.3 is 0 Å². The van der Waals surface area contributed by atoms with Gasteiger partial charge < -0.3 is 0 Å². The molecule has 1 aromatic rings. The van der Waals surface area contributed by atoms with Crippen molar-refractivity contribution >= 4 is 23.2 Å². The lowest BCUT2D eigenvalue weighted by Crippen LogP contribution is -2.31. The maximum atomic E-state index is 9.61. The van der Waals surface area contributed by atoms with Gasteiger partial charge in [0.15, 0.2) is 0 Å². The summed E-state index contributed by atoms with van der Waals surface area (Å²) in [6.07, 6.45) is 4.79. The van der Waals surface area contributed by atoms with Crippen LogP contribution in [0.25, 0.3) is 0 Å². The summed E-state index contributed by atoms with van der Waals surface area (Å²) in [5, 5.41) is 11.0. The fourth-order valence-corrected chi connectivity index (χ4v) is 3.16. The van der Waals surface area contributed by atoms with Gasteiger partial charge in [-0.1, -0.05) is 37.0 Å². The Balaban J connectivity index is 2.21. The molecule has 0 aromatic heterocycles. The lowest BCUT2D eigenvalue weighted by Gasteiger charge is -2.39. The molecule has 0 N–H and O–H groups in total. The van der Waals surface area contributed by atoms with Gasteiger partial charge in [-0.05, 0) is 61.3 Å². The van der Waals surface area contributed by atoms with Crippen molar-refractivity contribution in [1.29, 1.82) is 5.26 Å². The molecule has 0 atom stereocenters. The Labute approximate surface area is 125 Å². The van der Waals surface area contributed by atoms with Gasteiger partial charge in [-0.25, -0.2) is 0 Å². The fourth-order valence-electron chi connectivity index (χ4n) is 2.78. The van der Waals surface area contributed by atoms with E-state index in [0.717, 1.165) is 31.2 Å². The maximum Gasteiger partial charge on any atom is 0.0693 e. The summed E-state index contributed by atoms with van der Waals surface area (Å²) in [5.41, 5.74) is 1.08. The molecule has 19 heavy (non-hydrogen) atoms. The van der Waals surface area contributed by atoms with Crippen molar-refractivity contribution in [2.24, 2.45) is 10.8 Å². The van der Waals surface area contributed by atoms with Gasteiger partial charge in [-0.3, -0.25) is 0 Å². The summed E-state index contributed by atoms with van der Waals surface area (Å²) < 4.78 is 0. The largest absolute Gasteiger partial charge is 0.198 e. The third-order valence-electron chi connectivity index (χ3n) is 4.33. The average molecular weight is 296 g/mol. The molecule has 3 heteroatoms. The Morgan fingerprint density at radius 1 is 1.16 bits per heavy atom. The third-order valence-corrected chi connectivity index (χ3v) is 4.94. The van der Waals surface area contributed by atoms with Gasteiger partial charge in [-0.15, -0.1) is 0 Å². The van der Waals surface area contributed by atoms with E-state index in [1.165, 1.54) is 0 Å². The van der Waals surface area contributed by atoms with Crippen LogP contribution in [0.4, 0.5) is 0 Å². The highest BCUT2D eigenvalue weighted by molar-refractivity contribution is 6.33. The van der Waals surface area contributed by atoms with E-state index >= 15 is 0 Å². The minimum Gasteiger partial charge on any atom is -0.198 e. The number of halogens is 2. The van der Waals surface area contributed by atoms with Crippen LogP contribution in [0.1, 0.15) is 45.1 Å². The Morgan fingerprint density at radius 3 is 2.37 bits per heavy atom. The monoisotopic (exact) mass is 295 g/mol. The second-order valence-electron chi connectivity index (χ2n) is 6.47. The van der Waals surface area contributed by atoms with Gasteiger partial charge in [0.25, 0.3) is 0 Å². The van der Waals surface area contributed by atoms with Crippen LogP contribution in [0.2, 0.25) is 10.0 Å². The van der Waals surface area contributed by atoms with Crippen molar-refractivity contribution < 1.29 is 0 Å². The van der Waals surface area contributed by atoms with Crippen LogP contribution in [0.3, 0.4) is 0 Å². The van der Waals surface area contributed by atoms with Crippen LogP contribution < -0.4 is 0 Å². The molecule has 102 valence electrons. The quantitative estimate of drug-likeness (QED) is 0.692. The van der Waals surface area contributed by atoms with Crippen LogP contribution in [0.5, 0.6) is 0 Å². The summed E-state index contributed by atoms with van der Waals surface area (Å²) >= 11 is 12.2. The Morgan fingerprint density at radius 2 is 1.79 bits per heavy atom. The Hall–Kier alpha value is -0.710. The molecule has 1 saturated carbocycles. The lowest BCUT2D eigenvalue weighted by atomic mass is 9.64. The molecule has 0 heterocycles. The first-order valence-corrected chi connectivity index (χ1v) is 7.47. The zero-order valence-corrected chi connectivity index (χ0v) is 13.0. The maximum absolute atomic E-state index is 9.61. The highest BCUT2D eigenvalue weighted by Gasteiger charge is 2.38. The van der Waals surface area contributed by atoms with E-state index in [1.54, 1.807) is 6.07 Å². The molecule has 0 saturated heterocycles. The Kier molecular flexibility index (Phi) is 4.14. The number of nitrogens with zero attached hydrogens (tertiary/aromatic N) is 1. The first kappa shape index (κ1) is 14.7. The van der Waals surface area contributed by atoms with Gasteiger partial charge in [0.05, 0.1) is 11.5 Å². The molecule has 1 aliphatic carbocycles. The van der Waals surface area contributed by atoms with Crippen molar-refractivity contribution in [2.75, 3.05) is 0 Å². The normalized spacial score (nSPS) is 20.8. The second-order valence-corrected chi connectivity index (χ2v) is 7.31. The summed E-state index contributed by atoms with van der Waals surface area (Å²) in [6, 6.07) is 8.04. The Bertz CT molecular complexity index is 504. The minimum atomic E-state index is -0.274. The standard InChI is InChI=1S/C16H19Cl2N/c1-15(2)5-7-16(11-19,8-6-15)10-12-9-13(17)3-4-14(12)18/h3-4,9H,5-8,10H2,1-2H3. The average Bonchev–Trinajstić information content (AvgIpc) is 2.37. The van der Waals surface area contributed by atoms with E-state index in [-0.39, 0.29) is 5.41 Å². The van der Waals surface area contributed by atoms with E-state index in [4.69, 9.17) is 23.2 Å². The smallest absolute Gasteiger partial charge is 0.0693 e. The first-order chi connectivity index (χ1) is 8.86. The summed E-state index contributed by atoms with van der Waals surface area (Å²) in [5.74, 6) is 0. The van der Waals surface area contributed by atoms with Crippen molar-refractivity contribution in [1.82, 2.24) is 0 Å². The van der Waals surface area contributed by atoms with Gasteiger partial charge in [0, 0.05) is 10.0 Å². The first-order valence-electron chi connectivity index (χ1n) is 6.71. The molecule has 1 fully saturated rings. The van der Waals surface area contributed by atoms with E-state index in [0.29, 0.717) is 21.9 Å². The summed E-state index contributed by atoms with van der Waals surface area (Å²) in [6.45, 7) is 4.56. The van der Waals surface area contributed by atoms with Crippen molar-refractivity contribution in [3.63, 3.8) is 0 Å². The molecule has 0 amide bonds. The predicted molar refractivity (Wildman–Crippen MR) is 80.5 cm³/mol. The van der Waals surface area contributed by atoms with E-state index in [1.807, 2.05) is 12.1 Å². The second kappa shape index (κ2) is 5.35. The minimum absolute atomic E-state index is 0.274.